The van der Waals surface area contributed by atoms with Gasteiger partial charge in [-0.25, -0.2) is 13.2 Å². The Balaban J connectivity index is 2.05. The Morgan fingerprint density at radius 1 is 1.04 bits per heavy atom. The van der Waals surface area contributed by atoms with Crippen LogP contribution in [0, 0.1) is 0 Å². The molecule has 0 aromatic heterocycles. The van der Waals surface area contributed by atoms with Crippen LogP contribution in [0.15, 0.2) is 54.6 Å². The second-order valence-corrected chi connectivity index (χ2v) is 8.37. The summed E-state index contributed by atoms with van der Waals surface area (Å²) in [6.07, 6.45) is 0.197. The first kappa shape index (κ1) is 20.6. The van der Waals surface area contributed by atoms with E-state index in [0.717, 1.165) is 11.9 Å². The van der Waals surface area contributed by atoms with Crippen molar-refractivity contribution >= 4 is 27.4 Å². The zero-order chi connectivity index (χ0) is 20.0. The van der Waals surface area contributed by atoms with Crippen LogP contribution >= 0.6 is 0 Å². The van der Waals surface area contributed by atoms with E-state index in [1.165, 1.54) is 19.1 Å². The van der Waals surface area contributed by atoms with Gasteiger partial charge in [0.1, 0.15) is 0 Å². The van der Waals surface area contributed by atoms with Gasteiger partial charge in [0, 0.05) is 18.5 Å². The van der Waals surface area contributed by atoms with Crippen LogP contribution < -0.4 is 4.90 Å². The van der Waals surface area contributed by atoms with E-state index in [4.69, 9.17) is 4.74 Å². The molecule has 2 aromatic rings. The molecule has 0 N–H and O–H groups in total. The molecule has 6 nitrogen and oxygen atoms in total. The van der Waals surface area contributed by atoms with Crippen molar-refractivity contribution in [3.63, 3.8) is 0 Å². The minimum atomic E-state index is -3.15. The highest BCUT2D eigenvalue weighted by Crippen LogP contribution is 2.16. The zero-order valence-corrected chi connectivity index (χ0v) is 16.4. The topological polar surface area (TPSA) is 80.8 Å². The van der Waals surface area contributed by atoms with Gasteiger partial charge >= 0.3 is 5.97 Å². The molecule has 1 atom stereocenters. The van der Waals surface area contributed by atoms with Crippen molar-refractivity contribution < 1.29 is 22.7 Å². The van der Waals surface area contributed by atoms with E-state index in [9.17, 15) is 18.0 Å². The number of nitrogens with zero attached hydrogens (tertiary/aromatic N) is 1. The fourth-order valence-electron chi connectivity index (χ4n) is 2.61. The van der Waals surface area contributed by atoms with E-state index in [1.807, 2.05) is 37.3 Å². The molecule has 0 bridgehead atoms. The number of ether oxygens (including phenoxy) is 1. The van der Waals surface area contributed by atoms with E-state index >= 15 is 0 Å². The van der Waals surface area contributed by atoms with Crippen LogP contribution in [0.2, 0.25) is 0 Å². The van der Waals surface area contributed by atoms with Gasteiger partial charge in [-0.2, -0.15) is 0 Å². The number of carbonyl (C=O) groups excluding carboxylic acids is 2. The molecule has 0 fully saturated rings. The average Bonchev–Trinajstić information content (AvgIpc) is 2.62. The van der Waals surface area contributed by atoms with Crippen molar-refractivity contribution in [1.29, 1.82) is 0 Å². The van der Waals surface area contributed by atoms with Crippen molar-refractivity contribution in [3.05, 3.63) is 65.7 Å². The molecule has 2 rings (SSSR count). The summed E-state index contributed by atoms with van der Waals surface area (Å²) in [6, 6.07) is 15.3. The lowest BCUT2D eigenvalue weighted by Gasteiger charge is -2.24. The highest BCUT2D eigenvalue weighted by atomic mass is 32.2. The molecule has 0 spiro atoms. The lowest BCUT2D eigenvalue weighted by molar-refractivity contribution is -0.126. The Hall–Kier alpha value is -2.67. The molecule has 0 saturated heterocycles. The molecule has 0 aliphatic carbocycles. The monoisotopic (exact) mass is 389 g/mol. The summed E-state index contributed by atoms with van der Waals surface area (Å²) in [7, 11) is -3.15. The summed E-state index contributed by atoms with van der Waals surface area (Å²) in [5.41, 5.74) is 1.58. The van der Waals surface area contributed by atoms with Gasteiger partial charge in [-0.05, 0) is 43.7 Å². The number of amides is 1. The number of carbonyl (C=O) groups is 2. The van der Waals surface area contributed by atoms with Gasteiger partial charge in [-0.15, -0.1) is 0 Å². The van der Waals surface area contributed by atoms with Crippen LogP contribution in [0.5, 0.6) is 0 Å². The van der Waals surface area contributed by atoms with Gasteiger partial charge in [0.2, 0.25) is 0 Å². The molecule has 27 heavy (non-hydrogen) atoms. The number of benzene rings is 2. The maximum atomic E-state index is 12.6. The van der Waals surface area contributed by atoms with Gasteiger partial charge < -0.3 is 9.64 Å². The number of sulfone groups is 1. The summed E-state index contributed by atoms with van der Waals surface area (Å²) in [5, 5.41) is 0. The molecule has 0 unspecified atom stereocenters. The van der Waals surface area contributed by atoms with E-state index < -0.39 is 21.9 Å². The minimum Gasteiger partial charge on any atom is -0.449 e. The first-order valence-electron chi connectivity index (χ1n) is 8.55. The summed E-state index contributed by atoms with van der Waals surface area (Å²) < 4.78 is 27.9. The molecule has 0 saturated carbocycles. The Morgan fingerprint density at radius 3 is 2.15 bits per heavy atom. The molecular formula is C20H23NO5S. The predicted molar refractivity (Wildman–Crippen MR) is 104 cm³/mol. The standard InChI is InChI=1S/C20H23NO5S/c1-4-21(18-8-6-5-7-9-18)19(22)15(2)26-20(23)17-12-10-16(11-13-17)14-27(3,24)25/h5-13,15H,4,14H2,1-3H3/t15-/m1/s1. The molecule has 0 aliphatic rings. The third-order valence-electron chi connectivity index (χ3n) is 3.90. The van der Waals surface area contributed by atoms with E-state index in [-0.39, 0.29) is 17.2 Å². The van der Waals surface area contributed by atoms with Crippen molar-refractivity contribution in [2.45, 2.75) is 25.7 Å². The maximum Gasteiger partial charge on any atom is 0.338 e. The summed E-state index contributed by atoms with van der Waals surface area (Å²) in [4.78, 5) is 26.5. The van der Waals surface area contributed by atoms with Crippen molar-refractivity contribution in [3.8, 4) is 0 Å². The first-order chi connectivity index (χ1) is 12.7. The lowest BCUT2D eigenvalue weighted by atomic mass is 10.1. The van der Waals surface area contributed by atoms with Crippen LogP contribution in [0.1, 0.15) is 29.8 Å². The molecule has 2 aromatic carbocycles. The summed E-state index contributed by atoms with van der Waals surface area (Å²) in [6.45, 7) is 3.83. The van der Waals surface area contributed by atoms with E-state index in [2.05, 4.69) is 0 Å². The van der Waals surface area contributed by atoms with Crippen LogP contribution in [-0.4, -0.2) is 39.2 Å². The fourth-order valence-corrected chi connectivity index (χ4v) is 3.41. The smallest absolute Gasteiger partial charge is 0.338 e. The Kier molecular flexibility index (Phi) is 6.74. The third kappa shape index (κ3) is 5.92. The Labute approximate surface area is 159 Å². The largest absolute Gasteiger partial charge is 0.449 e. The second kappa shape index (κ2) is 8.81. The van der Waals surface area contributed by atoms with Gasteiger partial charge in [-0.3, -0.25) is 4.79 Å². The highest BCUT2D eigenvalue weighted by molar-refractivity contribution is 7.89. The van der Waals surface area contributed by atoms with Gasteiger partial charge in [0.15, 0.2) is 15.9 Å². The minimum absolute atomic E-state index is 0.0975. The molecular weight excluding hydrogens is 366 g/mol. The Bertz CT molecular complexity index is 892. The maximum absolute atomic E-state index is 12.6. The van der Waals surface area contributed by atoms with Crippen LogP contribution in [0.3, 0.4) is 0 Å². The van der Waals surface area contributed by atoms with E-state index in [0.29, 0.717) is 12.1 Å². The molecule has 0 aliphatic heterocycles. The number of likely N-dealkylation sites (N-methyl/N-ethyl adjacent to an activating group) is 1. The molecule has 7 heteroatoms. The molecule has 0 radical (unpaired) electrons. The third-order valence-corrected chi connectivity index (χ3v) is 4.76. The Morgan fingerprint density at radius 2 is 1.63 bits per heavy atom. The molecule has 144 valence electrons. The zero-order valence-electron chi connectivity index (χ0n) is 15.6. The number of esters is 1. The number of rotatable bonds is 7. The normalized spacial score (nSPS) is 12.3. The highest BCUT2D eigenvalue weighted by Gasteiger charge is 2.24. The van der Waals surface area contributed by atoms with Gasteiger partial charge in [0.25, 0.3) is 5.91 Å². The molecule has 1 amide bonds. The summed E-state index contributed by atoms with van der Waals surface area (Å²) >= 11 is 0. The predicted octanol–water partition coefficient (Wildman–Crippen LogP) is 2.83. The van der Waals surface area contributed by atoms with Crippen LogP contribution in [0.25, 0.3) is 0 Å². The average molecular weight is 389 g/mol. The van der Waals surface area contributed by atoms with Gasteiger partial charge in [0.05, 0.1) is 11.3 Å². The van der Waals surface area contributed by atoms with Crippen molar-refractivity contribution in [2.75, 3.05) is 17.7 Å². The van der Waals surface area contributed by atoms with Crippen LogP contribution in [-0.2, 0) is 25.1 Å². The first-order valence-corrected chi connectivity index (χ1v) is 10.6. The quantitative estimate of drug-likeness (QED) is 0.680. The number of hydrogen-bond donors (Lipinski definition) is 0. The summed E-state index contributed by atoms with van der Waals surface area (Å²) in [5.74, 6) is -1.05. The second-order valence-electron chi connectivity index (χ2n) is 6.23. The van der Waals surface area contributed by atoms with Crippen LogP contribution in [0.4, 0.5) is 5.69 Å². The fraction of sp³-hybridized carbons (Fsp3) is 0.300. The van der Waals surface area contributed by atoms with Gasteiger partial charge in [-0.1, -0.05) is 30.3 Å². The number of hydrogen-bond acceptors (Lipinski definition) is 5. The number of anilines is 1. The molecule has 0 heterocycles. The SMILES string of the molecule is CCN(C(=O)[C@@H](C)OC(=O)c1ccc(CS(C)(=O)=O)cc1)c1ccccc1. The van der Waals surface area contributed by atoms with Crippen molar-refractivity contribution in [2.24, 2.45) is 0 Å². The lowest BCUT2D eigenvalue weighted by Crippen LogP contribution is -2.40. The van der Waals surface area contributed by atoms with Crippen molar-refractivity contribution in [1.82, 2.24) is 0 Å². The van der Waals surface area contributed by atoms with E-state index in [1.54, 1.807) is 17.0 Å². The number of para-hydroxylation sites is 1.